The summed E-state index contributed by atoms with van der Waals surface area (Å²) in [5.74, 6) is -1.80. The molecule has 0 saturated heterocycles. The third kappa shape index (κ3) is 9.77. The van der Waals surface area contributed by atoms with Crippen LogP contribution in [0.5, 0.6) is 0 Å². The molecule has 1 N–H and O–H groups in total. The third-order valence-electron chi connectivity index (χ3n) is 2.41. The molecule has 0 bridgehead atoms. The van der Waals surface area contributed by atoms with Crippen LogP contribution in [0.1, 0.15) is 27.2 Å². The maximum Gasteiger partial charge on any atom is 0.360 e. The van der Waals surface area contributed by atoms with Crippen LogP contribution in [0.25, 0.3) is 0 Å². The number of hydrogen-bond donors (Lipinski definition) is 1. The summed E-state index contributed by atoms with van der Waals surface area (Å²) in [6, 6.07) is -1.08. The maximum absolute atomic E-state index is 11.9. The first-order valence-corrected chi connectivity index (χ1v) is 10.2. The largest absolute Gasteiger partial charge is 0.360 e. The fourth-order valence-electron chi connectivity index (χ4n) is 1.39. The van der Waals surface area contributed by atoms with Gasteiger partial charge in [-0.05, 0) is 19.3 Å². The first-order valence-electron chi connectivity index (χ1n) is 6.49. The standard InChI is InChI=1S/C11H23NO7S2/c1-5-18-19-11(13)10(9(2)3)12-21(16,17)8-6-7-20(4,14)15/h9-10,12H,5-8H2,1-4H3. The Morgan fingerprint density at radius 2 is 1.71 bits per heavy atom. The number of rotatable bonds is 10. The molecule has 10 heteroatoms. The molecular weight excluding hydrogens is 322 g/mol. The van der Waals surface area contributed by atoms with Crippen molar-refractivity contribution in [1.82, 2.24) is 4.72 Å². The minimum absolute atomic E-state index is 0.0422. The fraction of sp³-hybridized carbons (Fsp3) is 0.909. The van der Waals surface area contributed by atoms with E-state index in [1.807, 2.05) is 0 Å². The highest BCUT2D eigenvalue weighted by Crippen LogP contribution is 2.07. The van der Waals surface area contributed by atoms with Crippen molar-refractivity contribution >= 4 is 25.8 Å². The normalized spacial score (nSPS) is 14.1. The predicted octanol–water partition coefficient (Wildman–Crippen LogP) is -0.140. The molecule has 0 amide bonds. The molecule has 1 atom stereocenters. The number of hydrogen-bond acceptors (Lipinski definition) is 7. The van der Waals surface area contributed by atoms with Crippen molar-refractivity contribution in [3.8, 4) is 0 Å². The summed E-state index contributed by atoms with van der Waals surface area (Å²) >= 11 is 0. The minimum atomic E-state index is -3.79. The van der Waals surface area contributed by atoms with Crippen LogP contribution in [0, 0.1) is 5.92 Å². The van der Waals surface area contributed by atoms with Crippen molar-refractivity contribution in [1.29, 1.82) is 0 Å². The van der Waals surface area contributed by atoms with E-state index in [9.17, 15) is 21.6 Å². The molecule has 0 radical (unpaired) electrons. The van der Waals surface area contributed by atoms with Crippen molar-refractivity contribution in [2.75, 3.05) is 24.4 Å². The van der Waals surface area contributed by atoms with E-state index in [4.69, 9.17) is 0 Å². The Morgan fingerprint density at radius 3 is 2.14 bits per heavy atom. The van der Waals surface area contributed by atoms with Crippen molar-refractivity contribution < 1.29 is 31.4 Å². The SMILES string of the molecule is CCOOC(=O)C(NS(=O)(=O)CCCS(C)(=O)=O)C(C)C. The van der Waals surface area contributed by atoms with Crippen LogP contribution in [0.2, 0.25) is 0 Å². The molecular formula is C11H23NO7S2. The summed E-state index contributed by atoms with van der Waals surface area (Å²) in [5.41, 5.74) is 0. The Hall–Kier alpha value is -0.710. The molecule has 0 rings (SSSR count). The third-order valence-corrected chi connectivity index (χ3v) is 4.88. The topological polar surface area (TPSA) is 116 Å². The zero-order valence-corrected chi connectivity index (χ0v) is 14.3. The quantitative estimate of drug-likeness (QED) is 0.433. The van der Waals surface area contributed by atoms with E-state index in [1.165, 1.54) is 0 Å². The second kappa shape index (κ2) is 8.66. The van der Waals surface area contributed by atoms with Gasteiger partial charge in [0.2, 0.25) is 10.0 Å². The highest BCUT2D eigenvalue weighted by atomic mass is 32.2. The van der Waals surface area contributed by atoms with E-state index in [1.54, 1.807) is 20.8 Å². The lowest BCUT2D eigenvalue weighted by Crippen LogP contribution is -2.46. The average molecular weight is 345 g/mol. The number of carbonyl (C=O) groups is 1. The molecule has 0 aromatic rings. The van der Waals surface area contributed by atoms with Gasteiger partial charge in [-0.2, -0.15) is 4.89 Å². The summed E-state index contributed by atoms with van der Waals surface area (Å²) in [6.45, 7) is 5.07. The molecule has 0 aromatic carbocycles. The minimum Gasteiger partial charge on any atom is -0.297 e. The number of carbonyl (C=O) groups excluding carboxylic acids is 1. The van der Waals surface area contributed by atoms with Gasteiger partial charge in [-0.1, -0.05) is 13.8 Å². The van der Waals surface area contributed by atoms with Crippen LogP contribution in [0.3, 0.4) is 0 Å². The summed E-state index contributed by atoms with van der Waals surface area (Å²) in [7, 11) is -7.01. The van der Waals surface area contributed by atoms with Gasteiger partial charge >= 0.3 is 5.97 Å². The van der Waals surface area contributed by atoms with E-state index in [0.717, 1.165) is 6.26 Å². The molecule has 0 aliphatic carbocycles. The van der Waals surface area contributed by atoms with Gasteiger partial charge in [-0.25, -0.2) is 26.4 Å². The second-order valence-electron chi connectivity index (χ2n) is 4.95. The van der Waals surface area contributed by atoms with E-state index in [0.29, 0.717) is 0 Å². The van der Waals surface area contributed by atoms with Gasteiger partial charge in [0, 0.05) is 6.26 Å². The number of sulfone groups is 1. The summed E-state index contributed by atoms with van der Waals surface area (Å²) in [5, 5.41) is 0. The van der Waals surface area contributed by atoms with E-state index in [-0.39, 0.29) is 30.5 Å². The lowest BCUT2D eigenvalue weighted by Gasteiger charge is -2.19. The first-order chi connectivity index (χ1) is 9.48. The Bertz CT molecular complexity index is 525. The van der Waals surface area contributed by atoms with Crippen LogP contribution < -0.4 is 4.72 Å². The zero-order valence-electron chi connectivity index (χ0n) is 12.7. The maximum atomic E-state index is 11.9. The number of sulfonamides is 1. The molecule has 0 aliphatic rings. The van der Waals surface area contributed by atoms with Crippen LogP contribution in [-0.4, -0.2) is 53.2 Å². The highest BCUT2D eigenvalue weighted by molar-refractivity contribution is 7.91. The van der Waals surface area contributed by atoms with Crippen LogP contribution in [-0.2, 0) is 34.4 Å². The van der Waals surface area contributed by atoms with E-state index in [2.05, 4.69) is 14.5 Å². The Morgan fingerprint density at radius 1 is 1.14 bits per heavy atom. The second-order valence-corrected chi connectivity index (χ2v) is 9.08. The molecule has 8 nitrogen and oxygen atoms in total. The Balaban J connectivity index is 4.65. The van der Waals surface area contributed by atoms with Crippen LogP contribution in [0.4, 0.5) is 0 Å². The first kappa shape index (κ1) is 20.3. The van der Waals surface area contributed by atoms with Crippen molar-refractivity contribution in [2.24, 2.45) is 5.92 Å². The molecule has 0 spiro atoms. The van der Waals surface area contributed by atoms with Gasteiger partial charge in [0.25, 0.3) is 0 Å². The molecule has 126 valence electrons. The van der Waals surface area contributed by atoms with Crippen LogP contribution >= 0.6 is 0 Å². The molecule has 0 heterocycles. The molecule has 1 unspecified atom stereocenters. The van der Waals surface area contributed by atoms with Gasteiger partial charge in [-0.15, -0.1) is 0 Å². The van der Waals surface area contributed by atoms with Gasteiger partial charge in [0.1, 0.15) is 15.9 Å². The Labute approximate surface area is 126 Å². The van der Waals surface area contributed by atoms with Gasteiger partial charge in [0.05, 0.1) is 18.1 Å². The zero-order chi connectivity index (χ0) is 16.7. The molecule has 0 saturated carbocycles. The van der Waals surface area contributed by atoms with E-state index >= 15 is 0 Å². The van der Waals surface area contributed by atoms with Crippen LogP contribution in [0.15, 0.2) is 0 Å². The molecule has 0 aliphatic heterocycles. The Kier molecular flexibility index (Phi) is 8.37. The van der Waals surface area contributed by atoms with Crippen molar-refractivity contribution in [3.05, 3.63) is 0 Å². The average Bonchev–Trinajstić information content (AvgIpc) is 2.30. The molecule has 0 fully saturated rings. The van der Waals surface area contributed by atoms with E-state index < -0.39 is 31.9 Å². The van der Waals surface area contributed by atoms with Gasteiger partial charge < -0.3 is 0 Å². The van der Waals surface area contributed by atoms with Gasteiger partial charge in [0.15, 0.2) is 0 Å². The lowest BCUT2D eigenvalue weighted by atomic mass is 10.1. The molecule has 21 heavy (non-hydrogen) atoms. The summed E-state index contributed by atoms with van der Waals surface area (Å²) < 4.78 is 47.9. The van der Waals surface area contributed by atoms with Gasteiger partial charge in [-0.3, -0.25) is 4.89 Å². The smallest absolute Gasteiger partial charge is 0.297 e. The highest BCUT2D eigenvalue weighted by Gasteiger charge is 2.29. The summed E-state index contributed by atoms with van der Waals surface area (Å²) in [6.07, 6.45) is 0.989. The predicted molar refractivity (Wildman–Crippen MR) is 77.6 cm³/mol. The summed E-state index contributed by atoms with van der Waals surface area (Å²) in [4.78, 5) is 20.6. The monoisotopic (exact) mass is 345 g/mol. The van der Waals surface area contributed by atoms with Crippen molar-refractivity contribution in [3.63, 3.8) is 0 Å². The molecule has 0 aromatic heterocycles. The fourth-order valence-corrected chi connectivity index (χ4v) is 3.64. The van der Waals surface area contributed by atoms with Crippen molar-refractivity contribution in [2.45, 2.75) is 33.2 Å². The lowest BCUT2D eigenvalue weighted by molar-refractivity contribution is -0.271. The number of nitrogens with one attached hydrogen (secondary N) is 1.